The number of hydrogen-bond acceptors (Lipinski definition) is 5. The molecule has 0 heterocycles. The number of alkyl halides is 1. The number of rotatable bonds is 7. The fourth-order valence-electron chi connectivity index (χ4n) is 0.680. The molecular formula is C8H16ClO5P. The summed E-state index contributed by atoms with van der Waals surface area (Å²) < 4.78 is 26.4. The molecule has 0 rings (SSSR count). The van der Waals surface area contributed by atoms with Gasteiger partial charge in [-0.2, -0.15) is 0 Å². The van der Waals surface area contributed by atoms with E-state index in [1.54, 1.807) is 13.8 Å². The Bertz CT molecular complexity index is 256. The molecule has 0 aromatic heterocycles. The lowest BCUT2D eigenvalue weighted by atomic mass is 10.3. The first kappa shape index (κ1) is 15.1. The molecule has 0 radical (unpaired) electrons. The third-order valence-corrected chi connectivity index (χ3v) is 3.68. The highest BCUT2D eigenvalue weighted by atomic mass is 35.5. The molecule has 90 valence electrons. The monoisotopic (exact) mass is 258 g/mol. The van der Waals surface area contributed by atoms with Crippen LogP contribution in [0.15, 0.2) is 0 Å². The summed E-state index contributed by atoms with van der Waals surface area (Å²) in [6.07, 6.45) is 0. The van der Waals surface area contributed by atoms with Gasteiger partial charge in [-0.25, -0.2) is 4.57 Å². The van der Waals surface area contributed by atoms with E-state index < -0.39 is 18.7 Å². The Morgan fingerprint density at radius 2 is 1.73 bits per heavy atom. The molecule has 0 saturated heterocycles. The number of carbonyl (C=O) groups is 1. The fourth-order valence-corrected chi connectivity index (χ4v) is 2.29. The molecule has 0 fully saturated rings. The van der Waals surface area contributed by atoms with Gasteiger partial charge in [0, 0.05) is 0 Å². The summed E-state index contributed by atoms with van der Waals surface area (Å²) in [5.41, 5.74) is 0. The maximum Gasteiger partial charge on any atom is 0.476 e. The maximum absolute atomic E-state index is 11.8. The summed E-state index contributed by atoms with van der Waals surface area (Å²) in [6.45, 7) is 6.07. The quantitative estimate of drug-likeness (QED) is 0.519. The molecule has 15 heavy (non-hydrogen) atoms. The Balaban J connectivity index is 4.68. The van der Waals surface area contributed by atoms with Crippen molar-refractivity contribution in [3.05, 3.63) is 0 Å². The minimum Gasteiger partial charge on any atom is -0.295 e. The topological polar surface area (TPSA) is 61.8 Å². The second-order valence-electron chi connectivity index (χ2n) is 2.85. The fraction of sp³-hybridized carbons (Fsp3) is 0.875. The van der Waals surface area contributed by atoms with Gasteiger partial charge in [0.2, 0.25) is 5.06 Å². The van der Waals surface area contributed by atoms with Crippen LogP contribution in [0, 0.1) is 0 Å². The average molecular weight is 259 g/mol. The van der Waals surface area contributed by atoms with Crippen molar-refractivity contribution in [2.45, 2.75) is 32.8 Å². The third-order valence-electron chi connectivity index (χ3n) is 1.49. The maximum atomic E-state index is 11.8. The number of Topliss-reactive ketones (excluding diaryl/α,β-unsaturated/α-hetero) is 1. The highest BCUT2D eigenvalue weighted by molar-refractivity contribution is 7.48. The van der Waals surface area contributed by atoms with Crippen LogP contribution in [-0.2, 0) is 22.9 Å². The van der Waals surface area contributed by atoms with E-state index in [1.807, 2.05) is 0 Å². The van der Waals surface area contributed by atoms with Gasteiger partial charge in [-0.3, -0.25) is 18.4 Å². The van der Waals surface area contributed by atoms with E-state index in [4.69, 9.17) is 25.2 Å². The largest absolute Gasteiger partial charge is 0.476 e. The highest BCUT2D eigenvalue weighted by Crippen LogP contribution is 2.53. The van der Waals surface area contributed by atoms with Crippen LogP contribution in [0.5, 0.6) is 0 Å². The van der Waals surface area contributed by atoms with Gasteiger partial charge in [0.05, 0.1) is 13.2 Å². The average Bonchev–Trinajstić information content (AvgIpc) is 2.02. The van der Waals surface area contributed by atoms with Gasteiger partial charge >= 0.3 is 7.82 Å². The van der Waals surface area contributed by atoms with Gasteiger partial charge in [0.25, 0.3) is 0 Å². The van der Waals surface area contributed by atoms with E-state index in [2.05, 4.69) is 0 Å². The molecule has 0 spiro atoms. The van der Waals surface area contributed by atoms with Gasteiger partial charge < -0.3 is 0 Å². The van der Waals surface area contributed by atoms with Crippen molar-refractivity contribution < 1.29 is 22.9 Å². The minimum atomic E-state index is -3.75. The summed E-state index contributed by atoms with van der Waals surface area (Å²) in [7, 11) is -3.75. The Morgan fingerprint density at radius 1 is 1.33 bits per heavy atom. The van der Waals surface area contributed by atoms with Crippen molar-refractivity contribution in [2.24, 2.45) is 0 Å². The molecule has 7 heteroatoms. The second kappa shape index (κ2) is 5.97. The first-order valence-electron chi connectivity index (χ1n) is 4.57. The Kier molecular flexibility index (Phi) is 5.99. The highest BCUT2D eigenvalue weighted by Gasteiger charge is 2.39. The van der Waals surface area contributed by atoms with E-state index in [0.717, 1.165) is 0 Å². The molecular weight excluding hydrogens is 243 g/mol. The van der Waals surface area contributed by atoms with Crippen molar-refractivity contribution in [1.29, 1.82) is 0 Å². The van der Waals surface area contributed by atoms with Crippen LogP contribution in [0.3, 0.4) is 0 Å². The molecule has 0 aliphatic heterocycles. The van der Waals surface area contributed by atoms with Crippen molar-refractivity contribution >= 4 is 25.2 Å². The van der Waals surface area contributed by atoms with Crippen LogP contribution in [0.4, 0.5) is 0 Å². The van der Waals surface area contributed by atoms with E-state index in [-0.39, 0.29) is 13.2 Å². The van der Waals surface area contributed by atoms with Crippen LogP contribution in [0.25, 0.3) is 0 Å². The molecule has 0 aromatic carbocycles. The zero-order chi connectivity index (χ0) is 12.1. The lowest BCUT2D eigenvalue weighted by molar-refractivity contribution is -0.126. The van der Waals surface area contributed by atoms with Gasteiger partial charge in [0.1, 0.15) is 0 Å². The van der Waals surface area contributed by atoms with Crippen molar-refractivity contribution in [3.8, 4) is 0 Å². The SMILES string of the molecule is CCOP(=O)(OCC)OC(C)(Cl)C(C)=O. The molecule has 0 aliphatic carbocycles. The predicted molar refractivity (Wildman–Crippen MR) is 56.9 cm³/mol. The normalized spacial score (nSPS) is 16.1. The molecule has 0 aliphatic rings. The standard InChI is InChI=1S/C8H16ClO5P/c1-5-12-15(11,13-6-2)14-8(4,9)7(3)10/h5-6H2,1-4H3. The van der Waals surface area contributed by atoms with Crippen LogP contribution >= 0.6 is 19.4 Å². The zero-order valence-corrected chi connectivity index (χ0v) is 10.9. The van der Waals surface area contributed by atoms with Gasteiger partial charge in [-0.05, 0) is 27.7 Å². The summed E-state index contributed by atoms with van der Waals surface area (Å²) in [5.74, 6) is -0.469. The minimum absolute atomic E-state index is 0.141. The van der Waals surface area contributed by atoms with E-state index in [0.29, 0.717) is 0 Å². The number of phosphoric ester groups is 1. The lowest BCUT2D eigenvalue weighted by Crippen LogP contribution is -2.29. The van der Waals surface area contributed by atoms with Crippen LogP contribution in [0.1, 0.15) is 27.7 Å². The second-order valence-corrected chi connectivity index (χ2v) is 5.16. The summed E-state index contributed by atoms with van der Waals surface area (Å²) in [5, 5.41) is -1.69. The van der Waals surface area contributed by atoms with Crippen molar-refractivity contribution in [1.82, 2.24) is 0 Å². The molecule has 1 unspecified atom stereocenters. The molecule has 5 nitrogen and oxygen atoms in total. The number of hydrogen-bond donors (Lipinski definition) is 0. The Morgan fingerprint density at radius 3 is 2.00 bits per heavy atom. The number of carbonyl (C=O) groups excluding carboxylic acids is 1. The number of phosphoric acid groups is 1. The Hall–Kier alpha value is 0.0700. The van der Waals surface area contributed by atoms with Crippen molar-refractivity contribution in [2.75, 3.05) is 13.2 Å². The lowest BCUT2D eigenvalue weighted by Gasteiger charge is -2.24. The smallest absolute Gasteiger partial charge is 0.295 e. The molecule has 0 saturated carbocycles. The molecule has 1 atom stereocenters. The summed E-state index contributed by atoms with van der Waals surface area (Å²) in [6, 6.07) is 0. The van der Waals surface area contributed by atoms with Crippen molar-refractivity contribution in [3.63, 3.8) is 0 Å². The molecule has 0 aromatic rings. The summed E-state index contributed by atoms with van der Waals surface area (Å²) in [4.78, 5) is 11.1. The zero-order valence-electron chi connectivity index (χ0n) is 9.28. The molecule has 0 N–H and O–H groups in total. The number of ketones is 1. The first-order chi connectivity index (χ1) is 6.77. The predicted octanol–water partition coefficient (Wildman–Crippen LogP) is 2.73. The van der Waals surface area contributed by atoms with Crippen LogP contribution in [0.2, 0.25) is 0 Å². The Labute approximate surface area is 94.6 Å². The van der Waals surface area contributed by atoms with E-state index >= 15 is 0 Å². The van der Waals surface area contributed by atoms with Gasteiger partial charge in [-0.15, -0.1) is 0 Å². The summed E-state index contributed by atoms with van der Waals surface area (Å²) >= 11 is 5.72. The van der Waals surface area contributed by atoms with Gasteiger partial charge in [-0.1, -0.05) is 11.6 Å². The third kappa shape index (κ3) is 5.09. The van der Waals surface area contributed by atoms with E-state index in [1.165, 1.54) is 13.8 Å². The molecule has 0 bridgehead atoms. The van der Waals surface area contributed by atoms with E-state index in [9.17, 15) is 9.36 Å². The van der Waals surface area contributed by atoms with Crippen LogP contribution in [-0.4, -0.2) is 24.1 Å². The molecule has 0 amide bonds. The van der Waals surface area contributed by atoms with Gasteiger partial charge in [0.15, 0.2) is 5.78 Å². The van der Waals surface area contributed by atoms with Crippen LogP contribution < -0.4 is 0 Å². The number of halogens is 1. The first-order valence-corrected chi connectivity index (χ1v) is 6.41.